The number of hydrogen-bond acceptors (Lipinski definition) is 0. The van der Waals surface area contributed by atoms with E-state index in [1.165, 1.54) is 32.1 Å². The van der Waals surface area contributed by atoms with Gasteiger partial charge in [-0.3, -0.25) is 0 Å². The van der Waals surface area contributed by atoms with Crippen LogP contribution in [0.15, 0.2) is 0 Å². The van der Waals surface area contributed by atoms with E-state index in [-0.39, 0.29) is 0 Å². The Morgan fingerprint density at radius 1 is 1.33 bits per heavy atom. The van der Waals surface area contributed by atoms with Gasteiger partial charge < -0.3 is 0 Å². The Kier molecular flexibility index (Phi) is 2.56. The van der Waals surface area contributed by atoms with Crippen LogP contribution in [-0.4, -0.2) is 0 Å². The van der Waals surface area contributed by atoms with Crippen LogP contribution in [0.25, 0.3) is 0 Å². The molecule has 1 rings (SSSR count). The Morgan fingerprint density at radius 3 is 2.56 bits per heavy atom. The zero-order valence-corrected chi connectivity index (χ0v) is 6.69. The van der Waals surface area contributed by atoms with E-state index in [0.29, 0.717) is 0 Å². The molecule has 0 N–H and O–H groups in total. The highest BCUT2D eigenvalue weighted by molar-refractivity contribution is 4.73. The lowest BCUT2D eigenvalue weighted by atomic mass is 9.94. The number of hydrogen-bond donors (Lipinski definition) is 0. The van der Waals surface area contributed by atoms with Crippen molar-refractivity contribution in [2.75, 3.05) is 0 Å². The molecule has 0 heterocycles. The van der Waals surface area contributed by atoms with E-state index in [2.05, 4.69) is 13.8 Å². The fraction of sp³-hybridized carbons (Fsp3) is 1.00. The van der Waals surface area contributed by atoms with Gasteiger partial charge in [0, 0.05) is 0 Å². The van der Waals surface area contributed by atoms with E-state index in [1.807, 2.05) is 0 Å². The van der Waals surface area contributed by atoms with Gasteiger partial charge in [-0.25, -0.2) is 0 Å². The van der Waals surface area contributed by atoms with Crippen LogP contribution in [0.5, 0.6) is 0 Å². The van der Waals surface area contributed by atoms with E-state index in [4.69, 9.17) is 0 Å². The first-order chi connectivity index (χ1) is 4.34. The van der Waals surface area contributed by atoms with E-state index < -0.39 is 0 Å². The summed E-state index contributed by atoms with van der Waals surface area (Å²) in [6.45, 7) is 4.71. The minimum atomic E-state index is 1.03. The first-order valence-electron chi connectivity index (χ1n) is 4.34. The van der Waals surface area contributed by atoms with Gasteiger partial charge in [0.2, 0.25) is 0 Å². The molecule has 1 aliphatic carbocycles. The Labute approximate surface area is 58.7 Å². The second kappa shape index (κ2) is 3.24. The fourth-order valence-corrected chi connectivity index (χ4v) is 2.02. The molecule has 1 fully saturated rings. The van der Waals surface area contributed by atoms with Gasteiger partial charge in [0.05, 0.1) is 0 Å². The zero-order valence-electron chi connectivity index (χ0n) is 6.69. The minimum absolute atomic E-state index is 1.03. The first-order valence-corrected chi connectivity index (χ1v) is 4.34. The predicted molar refractivity (Wildman–Crippen MR) is 41.4 cm³/mol. The van der Waals surface area contributed by atoms with Crippen LogP contribution in [0.2, 0.25) is 0 Å². The highest BCUT2D eigenvalue weighted by Crippen LogP contribution is 2.33. The summed E-state index contributed by atoms with van der Waals surface area (Å²) in [7, 11) is 0. The maximum absolute atomic E-state index is 2.41. The molecule has 2 atom stereocenters. The Bertz CT molecular complexity index is 76.1. The second-order valence-corrected chi connectivity index (χ2v) is 3.46. The standard InChI is InChI=1S/C9H18/c1-3-5-9-7-4-6-8(9)2/h8-9H,3-7H2,1-2H3/t8-,9-/m0/s1. The first kappa shape index (κ1) is 7.11. The summed E-state index contributed by atoms with van der Waals surface area (Å²) in [6.07, 6.45) is 7.35. The second-order valence-electron chi connectivity index (χ2n) is 3.46. The summed E-state index contributed by atoms with van der Waals surface area (Å²) >= 11 is 0. The molecule has 1 aliphatic rings. The quantitative estimate of drug-likeness (QED) is 0.533. The van der Waals surface area contributed by atoms with Gasteiger partial charge in [-0.15, -0.1) is 0 Å². The van der Waals surface area contributed by atoms with Crippen LogP contribution in [0.3, 0.4) is 0 Å². The van der Waals surface area contributed by atoms with Crippen molar-refractivity contribution in [2.45, 2.75) is 46.0 Å². The lowest BCUT2D eigenvalue weighted by molar-refractivity contribution is 0.388. The number of rotatable bonds is 2. The maximum atomic E-state index is 2.41. The van der Waals surface area contributed by atoms with E-state index in [0.717, 1.165) is 11.8 Å². The largest absolute Gasteiger partial charge is 0.0654 e. The molecule has 0 spiro atoms. The van der Waals surface area contributed by atoms with Crippen molar-refractivity contribution >= 4 is 0 Å². The van der Waals surface area contributed by atoms with Gasteiger partial charge in [-0.2, -0.15) is 0 Å². The van der Waals surface area contributed by atoms with Crippen LogP contribution >= 0.6 is 0 Å². The summed E-state index contributed by atoms with van der Waals surface area (Å²) in [5.74, 6) is 2.11. The Balaban J connectivity index is 2.22. The molecule has 9 heavy (non-hydrogen) atoms. The van der Waals surface area contributed by atoms with E-state index in [1.54, 1.807) is 0 Å². The molecule has 0 amide bonds. The van der Waals surface area contributed by atoms with E-state index >= 15 is 0 Å². The normalized spacial score (nSPS) is 35.3. The van der Waals surface area contributed by atoms with Crippen LogP contribution in [0.1, 0.15) is 46.0 Å². The van der Waals surface area contributed by atoms with Gasteiger partial charge in [0.15, 0.2) is 0 Å². The molecule has 54 valence electrons. The third-order valence-electron chi connectivity index (χ3n) is 2.70. The molecule has 0 nitrogen and oxygen atoms in total. The third-order valence-corrected chi connectivity index (χ3v) is 2.70. The van der Waals surface area contributed by atoms with Crippen molar-refractivity contribution in [3.63, 3.8) is 0 Å². The Hall–Kier alpha value is 0. The average molecular weight is 126 g/mol. The topological polar surface area (TPSA) is 0 Å². The van der Waals surface area contributed by atoms with Crippen LogP contribution in [-0.2, 0) is 0 Å². The van der Waals surface area contributed by atoms with Gasteiger partial charge in [-0.1, -0.05) is 46.0 Å². The predicted octanol–water partition coefficient (Wildman–Crippen LogP) is 3.22. The lowest BCUT2D eigenvalue weighted by Crippen LogP contribution is -2.02. The molecule has 0 aromatic carbocycles. The van der Waals surface area contributed by atoms with Crippen molar-refractivity contribution in [2.24, 2.45) is 11.8 Å². The monoisotopic (exact) mass is 126 g/mol. The molecule has 0 radical (unpaired) electrons. The van der Waals surface area contributed by atoms with E-state index in [9.17, 15) is 0 Å². The van der Waals surface area contributed by atoms with Crippen molar-refractivity contribution in [3.05, 3.63) is 0 Å². The third kappa shape index (κ3) is 1.70. The van der Waals surface area contributed by atoms with Gasteiger partial charge in [0.25, 0.3) is 0 Å². The SMILES string of the molecule is CCC[C@H]1CCC[C@@H]1C. The van der Waals surface area contributed by atoms with Crippen molar-refractivity contribution in [3.8, 4) is 0 Å². The maximum Gasteiger partial charge on any atom is -0.0389 e. The molecule has 0 aromatic rings. The fourth-order valence-electron chi connectivity index (χ4n) is 2.02. The summed E-state index contributed by atoms with van der Waals surface area (Å²) in [6, 6.07) is 0. The summed E-state index contributed by atoms with van der Waals surface area (Å²) in [4.78, 5) is 0. The molecule has 0 aromatic heterocycles. The molecule has 1 saturated carbocycles. The average Bonchev–Trinajstić information content (AvgIpc) is 2.18. The molecule has 0 bridgehead atoms. The van der Waals surface area contributed by atoms with Gasteiger partial charge in [-0.05, 0) is 11.8 Å². The van der Waals surface area contributed by atoms with Crippen LogP contribution < -0.4 is 0 Å². The molecule has 0 heteroatoms. The zero-order chi connectivity index (χ0) is 6.69. The smallest absolute Gasteiger partial charge is 0.0389 e. The molecule has 0 unspecified atom stereocenters. The molecule has 0 saturated heterocycles. The summed E-state index contributed by atoms with van der Waals surface area (Å²) < 4.78 is 0. The van der Waals surface area contributed by atoms with Crippen molar-refractivity contribution < 1.29 is 0 Å². The van der Waals surface area contributed by atoms with Crippen molar-refractivity contribution in [1.82, 2.24) is 0 Å². The summed E-state index contributed by atoms with van der Waals surface area (Å²) in [5.41, 5.74) is 0. The molecular weight excluding hydrogens is 108 g/mol. The van der Waals surface area contributed by atoms with Gasteiger partial charge in [0.1, 0.15) is 0 Å². The highest BCUT2D eigenvalue weighted by atomic mass is 14.3. The van der Waals surface area contributed by atoms with Crippen LogP contribution in [0.4, 0.5) is 0 Å². The highest BCUT2D eigenvalue weighted by Gasteiger charge is 2.21. The Morgan fingerprint density at radius 2 is 2.11 bits per heavy atom. The van der Waals surface area contributed by atoms with Gasteiger partial charge >= 0.3 is 0 Å². The molecule has 0 aliphatic heterocycles. The van der Waals surface area contributed by atoms with Crippen LogP contribution in [0, 0.1) is 11.8 Å². The van der Waals surface area contributed by atoms with Crippen molar-refractivity contribution in [1.29, 1.82) is 0 Å². The summed E-state index contributed by atoms with van der Waals surface area (Å²) in [5, 5.41) is 0. The molecular formula is C9H18. The lowest BCUT2D eigenvalue weighted by Gasteiger charge is -2.12. The minimum Gasteiger partial charge on any atom is -0.0654 e.